The molecule has 2 rings (SSSR count). The highest BCUT2D eigenvalue weighted by molar-refractivity contribution is 7.98. The topological polar surface area (TPSA) is 116 Å². The number of nitrogens with zero attached hydrogens (tertiary/aromatic N) is 1. The molecule has 0 aliphatic carbocycles. The Morgan fingerprint density at radius 2 is 1.85 bits per heavy atom. The van der Waals surface area contributed by atoms with Crippen LogP contribution in [0.15, 0.2) is 36.4 Å². The first-order valence-electron chi connectivity index (χ1n) is 9.65. The van der Waals surface area contributed by atoms with Crippen LogP contribution in [-0.4, -0.2) is 50.9 Å². The highest BCUT2D eigenvalue weighted by Gasteiger charge is 2.33. The molecule has 1 atom stereocenters. The molecule has 0 saturated heterocycles. The minimum Gasteiger partial charge on any atom is -0.406 e. The molecule has 2 amide bonds. The third kappa shape index (κ3) is 7.03. The van der Waals surface area contributed by atoms with Gasteiger partial charge in [-0.25, -0.2) is 0 Å². The van der Waals surface area contributed by atoms with E-state index in [4.69, 9.17) is 9.92 Å². The molecule has 8 nitrogen and oxygen atoms in total. The molecule has 0 saturated carbocycles. The van der Waals surface area contributed by atoms with Crippen LogP contribution in [0, 0.1) is 6.92 Å². The second kappa shape index (κ2) is 10.6. The summed E-state index contributed by atoms with van der Waals surface area (Å²) in [7, 11) is -4.04. The molecule has 2 aromatic carbocycles. The molecule has 2 aromatic rings. The number of carbonyl (C=O) groups excluding carboxylic acids is 2. The number of aryl methyl sites for hydroxylation is 1. The fourth-order valence-corrected chi connectivity index (χ4v) is 4.38. The summed E-state index contributed by atoms with van der Waals surface area (Å²) in [5.74, 6) is -2.24. The van der Waals surface area contributed by atoms with Crippen molar-refractivity contribution in [2.75, 3.05) is 23.2 Å². The van der Waals surface area contributed by atoms with Crippen LogP contribution in [0.2, 0.25) is 0 Å². The van der Waals surface area contributed by atoms with Gasteiger partial charge in [0.1, 0.15) is 5.75 Å². The lowest BCUT2D eigenvalue weighted by atomic mass is 10.0. The van der Waals surface area contributed by atoms with Crippen LogP contribution in [0.4, 0.5) is 18.9 Å². The molecule has 0 aromatic heterocycles. The number of alkyl halides is 3. The fourth-order valence-electron chi connectivity index (χ4n) is 3.28. The summed E-state index contributed by atoms with van der Waals surface area (Å²) >= 11 is 1.42. The summed E-state index contributed by atoms with van der Waals surface area (Å²) in [6.45, 7) is 3.22. The molecule has 0 aliphatic rings. The number of hydrogen-bond donors (Lipinski definition) is 1. The first kappa shape index (κ1) is 27.3. The van der Waals surface area contributed by atoms with Crippen molar-refractivity contribution >= 4 is 39.4 Å². The SMILES string of the molecule is CSCC(C)N(C(=O)c1cccc(OS(C)(=O)=O)c1C(N)=O)c1ccc(OC(F)(F)F)cc1C. The van der Waals surface area contributed by atoms with Gasteiger partial charge < -0.3 is 19.6 Å². The number of halogens is 3. The maximum absolute atomic E-state index is 13.7. The normalized spacial score (nSPS) is 12.7. The van der Waals surface area contributed by atoms with Gasteiger partial charge in [-0.3, -0.25) is 9.59 Å². The molecule has 0 heterocycles. The summed E-state index contributed by atoms with van der Waals surface area (Å²) in [5, 5.41) is 0. The Hall–Kier alpha value is -2.93. The Kier molecular flexibility index (Phi) is 8.48. The number of benzene rings is 2. The van der Waals surface area contributed by atoms with Crippen LogP contribution >= 0.6 is 11.8 Å². The Labute approximate surface area is 199 Å². The summed E-state index contributed by atoms with van der Waals surface area (Å²) in [4.78, 5) is 27.1. The van der Waals surface area contributed by atoms with Crippen LogP contribution in [0.25, 0.3) is 0 Å². The summed E-state index contributed by atoms with van der Waals surface area (Å²) in [6.07, 6.45) is -2.30. The molecule has 13 heteroatoms. The van der Waals surface area contributed by atoms with Gasteiger partial charge in [0.05, 0.1) is 17.4 Å². The molecule has 1 unspecified atom stereocenters. The average molecular weight is 521 g/mol. The average Bonchev–Trinajstić information content (AvgIpc) is 2.67. The minimum absolute atomic E-state index is 0.225. The van der Waals surface area contributed by atoms with E-state index in [9.17, 15) is 31.2 Å². The van der Waals surface area contributed by atoms with Crippen LogP contribution < -0.4 is 19.6 Å². The minimum atomic E-state index is -4.88. The van der Waals surface area contributed by atoms with E-state index in [0.29, 0.717) is 11.3 Å². The molecular weight excluding hydrogens is 497 g/mol. The van der Waals surface area contributed by atoms with Gasteiger partial charge >= 0.3 is 16.5 Å². The van der Waals surface area contributed by atoms with Crippen molar-refractivity contribution in [1.29, 1.82) is 0 Å². The third-order valence-corrected chi connectivity index (χ3v) is 5.77. The van der Waals surface area contributed by atoms with Crippen molar-refractivity contribution in [1.82, 2.24) is 0 Å². The van der Waals surface area contributed by atoms with E-state index in [1.165, 1.54) is 47.9 Å². The lowest BCUT2D eigenvalue weighted by molar-refractivity contribution is -0.274. The molecule has 0 bridgehead atoms. The predicted octanol–water partition coefficient (Wildman–Crippen LogP) is 3.73. The van der Waals surface area contributed by atoms with Gasteiger partial charge in [-0.15, -0.1) is 13.2 Å². The van der Waals surface area contributed by atoms with Gasteiger partial charge in [-0.05, 0) is 56.0 Å². The Morgan fingerprint density at radius 3 is 2.35 bits per heavy atom. The molecule has 0 fully saturated rings. The van der Waals surface area contributed by atoms with Crippen molar-refractivity contribution in [3.05, 3.63) is 53.1 Å². The van der Waals surface area contributed by atoms with Gasteiger partial charge in [-0.2, -0.15) is 20.2 Å². The number of thioether (sulfide) groups is 1. The molecular formula is C21H23F3N2O6S2. The summed E-state index contributed by atoms with van der Waals surface area (Å²) in [5.41, 5.74) is 5.35. The number of hydrogen-bond acceptors (Lipinski definition) is 7. The lowest BCUT2D eigenvalue weighted by Crippen LogP contribution is -2.41. The monoisotopic (exact) mass is 520 g/mol. The molecule has 186 valence electrons. The lowest BCUT2D eigenvalue weighted by Gasteiger charge is -2.31. The van der Waals surface area contributed by atoms with Crippen molar-refractivity contribution in [3.63, 3.8) is 0 Å². The molecule has 0 radical (unpaired) electrons. The number of amides is 2. The van der Waals surface area contributed by atoms with Crippen molar-refractivity contribution in [2.45, 2.75) is 26.3 Å². The Morgan fingerprint density at radius 1 is 1.21 bits per heavy atom. The van der Waals surface area contributed by atoms with Crippen LogP contribution in [0.3, 0.4) is 0 Å². The van der Waals surface area contributed by atoms with E-state index in [-0.39, 0.29) is 11.3 Å². The summed E-state index contributed by atoms with van der Waals surface area (Å²) < 4.78 is 69.8. The van der Waals surface area contributed by atoms with Gasteiger partial charge in [0.15, 0.2) is 5.75 Å². The number of carbonyl (C=O) groups is 2. The largest absolute Gasteiger partial charge is 0.573 e. The highest BCUT2D eigenvalue weighted by atomic mass is 32.2. The van der Waals surface area contributed by atoms with E-state index >= 15 is 0 Å². The van der Waals surface area contributed by atoms with E-state index in [2.05, 4.69) is 4.74 Å². The van der Waals surface area contributed by atoms with E-state index in [1.807, 2.05) is 6.26 Å². The number of ether oxygens (including phenoxy) is 1. The smallest absolute Gasteiger partial charge is 0.406 e. The first-order valence-corrected chi connectivity index (χ1v) is 12.9. The molecule has 2 N–H and O–H groups in total. The Bertz CT molecular complexity index is 1190. The van der Waals surface area contributed by atoms with Gasteiger partial charge in [0.25, 0.3) is 11.8 Å². The summed E-state index contributed by atoms with van der Waals surface area (Å²) in [6, 6.07) is 6.81. The molecule has 0 aliphatic heterocycles. The van der Waals surface area contributed by atoms with Crippen LogP contribution in [0.1, 0.15) is 33.2 Å². The van der Waals surface area contributed by atoms with Gasteiger partial charge in [0, 0.05) is 17.5 Å². The maximum Gasteiger partial charge on any atom is 0.573 e. The second-order valence-electron chi connectivity index (χ2n) is 7.31. The fraction of sp³-hybridized carbons (Fsp3) is 0.333. The highest BCUT2D eigenvalue weighted by Crippen LogP contribution is 2.33. The van der Waals surface area contributed by atoms with Crippen LogP contribution in [-0.2, 0) is 10.1 Å². The Balaban J connectivity index is 2.64. The number of rotatable bonds is 9. The number of nitrogens with two attached hydrogens (primary N) is 1. The zero-order valence-electron chi connectivity index (χ0n) is 18.7. The zero-order chi connectivity index (χ0) is 25.8. The maximum atomic E-state index is 13.7. The third-order valence-electron chi connectivity index (χ3n) is 4.47. The van der Waals surface area contributed by atoms with Crippen LogP contribution in [0.5, 0.6) is 11.5 Å². The molecule has 34 heavy (non-hydrogen) atoms. The standard InChI is InChI=1S/C21H23F3N2O6S2/c1-12-10-14(31-21(22,23)24)8-9-16(12)26(13(2)11-33-3)20(28)15-6-5-7-17(18(15)19(25)27)32-34(4,29)30/h5-10,13H,11H2,1-4H3,(H2,25,27). The van der Waals surface area contributed by atoms with Gasteiger partial charge in [-0.1, -0.05) is 6.07 Å². The van der Waals surface area contributed by atoms with Crippen molar-refractivity contribution in [3.8, 4) is 11.5 Å². The predicted molar refractivity (Wildman–Crippen MR) is 123 cm³/mol. The second-order valence-corrected chi connectivity index (χ2v) is 9.79. The number of primary amides is 1. The quantitative estimate of drug-likeness (QED) is 0.501. The van der Waals surface area contributed by atoms with Gasteiger partial charge in [0.2, 0.25) is 0 Å². The van der Waals surface area contributed by atoms with E-state index < -0.39 is 51.4 Å². The van der Waals surface area contributed by atoms with Crippen molar-refractivity contribution < 1.29 is 40.1 Å². The van der Waals surface area contributed by atoms with E-state index in [0.717, 1.165) is 18.4 Å². The number of anilines is 1. The zero-order valence-corrected chi connectivity index (χ0v) is 20.3. The van der Waals surface area contributed by atoms with E-state index in [1.54, 1.807) is 6.92 Å². The van der Waals surface area contributed by atoms with Crippen molar-refractivity contribution in [2.24, 2.45) is 5.73 Å². The molecule has 0 spiro atoms. The first-order chi connectivity index (χ1) is 15.6.